The summed E-state index contributed by atoms with van der Waals surface area (Å²) in [4.78, 5) is 14.8. The predicted octanol–water partition coefficient (Wildman–Crippen LogP) is 2.99. The maximum absolute atomic E-state index is 12.2. The highest BCUT2D eigenvalue weighted by Crippen LogP contribution is 2.36. The van der Waals surface area contributed by atoms with Crippen molar-refractivity contribution < 1.29 is 4.79 Å². The van der Waals surface area contributed by atoms with Gasteiger partial charge in [-0.1, -0.05) is 37.3 Å². The molecule has 0 spiro atoms. The lowest BCUT2D eigenvalue weighted by atomic mass is 10.0. The van der Waals surface area contributed by atoms with E-state index in [4.69, 9.17) is 0 Å². The minimum absolute atomic E-state index is 0.181. The molecule has 1 N–H and O–H groups in total. The Morgan fingerprint density at radius 1 is 1.24 bits per heavy atom. The van der Waals surface area contributed by atoms with Crippen LogP contribution in [0.25, 0.3) is 0 Å². The number of likely N-dealkylation sites (tertiary alicyclic amines) is 1. The molecule has 3 rings (SSSR count). The third kappa shape index (κ3) is 3.65. The van der Waals surface area contributed by atoms with Gasteiger partial charge < -0.3 is 5.32 Å². The first-order valence-electron chi connectivity index (χ1n) is 8.32. The van der Waals surface area contributed by atoms with Crippen molar-refractivity contribution in [3.05, 3.63) is 35.9 Å². The Morgan fingerprint density at radius 3 is 2.52 bits per heavy atom. The largest absolute Gasteiger partial charge is 0.354 e. The second-order valence-corrected chi connectivity index (χ2v) is 6.54. The first kappa shape index (κ1) is 14.6. The van der Waals surface area contributed by atoms with E-state index >= 15 is 0 Å². The summed E-state index contributed by atoms with van der Waals surface area (Å²) in [5.74, 6) is 1.05. The van der Waals surface area contributed by atoms with Gasteiger partial charge in [-0.2, -0.15) is 0 Å². The number of amides is 1. The van der Waals surface area contributed by atoms with Crippen LogP contribution < -0.4 is 5.32 Å². The Bertz CT molecular complexity index is 463. The highest BCUT2D eigenvalue weighted by atomic mass is 16.1. The number of carbonyl (C=O) groups excluding carboxylic acids is 1. The second-order valence-electron chi connectivity index (χ2n) is 6.54. The molecule has 1 aromatic rings. The maximum Gasteiger partial charge on any atom is 0.223 e. The quantitative estimate of drug-likeness (QED) is 0.872. The lowest BCUT2D eigenvalue weighted by Gasteiger charge is -2.28. The molecule has 1 saturated carbocycles. The lowest BCUT2D eigenvalue weighted by Crippen LogP contribution is -2.39. The summed E-state index contributed by atoms with van der Waals surface area (Å²) in [5.41, 5.74) is 1.32. The van der Waals surface area contributed by atoms with E-state index in [1.807, 2.05) is 0 Å². The molecule has 0 radical (unpaired) electrons. The molecule has 2 atom stereocenters. The van der Waals surface area contributed by atoms with Gasteiger partial charge in [0.2, 0.25) is 5.91 Å². The van der Waals surface area contributed by atoms with E-state index in [-0.39, 0.29) is 11.8 Å². The van der Waals surface area contributed by atoms with E-state index in [0.29, 0.717) is 12.0 Å². The van der Waals surface area contributed by atoms with Crippen molar-refractivity contribution in [2.45, 2.75) is 38.6 Å². The summed E-state index contributed by atoms with van der Waals surface area (Å²) in [5, 5.41) is 3.20. The van der Waals surface area contributed by atoms with Crippen molar-refractivity contribution in [1.29, 1.82) is 0 Å². The summed E-state index contributed by atoms with van der Waals surface area (Å²) in [6, 6.07) is 10.9. The van der Waals surface area contributed by atoms with Gasteiger partial charge in [-0.05, 0) is 50.3 Å². The van der Waals surface area contributed by atoms with Crippen LogP contribution in [0.4, 0.5) is 0 Å². The molecule has 1 aliphatic heterocycles. The third-order valence-corrected chi connectivity index (χ3v) is 4.98. The molecule has 2 fully saturated rings. The van der Waals surface area contributed by atoms with E-state index in [1.54, 1.807) is 0 Å². The number of hydrogen-bond donors (Lipinski definition) is 1. The minimum Gasteiger partial charge on any atom is -0.354 e. The Labute approximate surface area is 127 Å². The first-order chi connectivity index (χ1) is 10.3. The third-order valence-electron chi connectivity index (χ3n) is 4.98. The smallest absolute Gasteiger partial charge is 0.223 e. The van der Waals surface area contributed by atoms with Crippen molar-refractivity contribution in [3.63, 3.8) is 0 Å². The van der Waals surface area contributed by atoms with Crippen LogP contribution in [0, 0.1) is 11.8 Å². The van der Waals surface area contributed by atoms with E-state index in [0.717, 1.165) is 19.6 Å². The summed E-state index contributed by atoms with van der Waals surface area (Å²) in [6.07, 6.45) is 5.00. The predicted molar refractivity (Wildman–Crippen MR) is 84.9 cm³/mol. The summed E-state index contributed by atoms with van der Waals surface area (Å²) >= 11 is 0. The summed E-state index contributed by atoms with van der Waals surface area (Å²) in [7, 11) is 0. The molecule has 0 aromatic heterocycles. The molecule has 1 aliphatic carbocycles. The number of hydrogen-bond acceptors (Lipinski definition) is 2. The van der Waals surface area contributed by atoms with E-state index in [1.165, 1.54) is 31.2 Å². The fraction of sp³-hybridized carbons (Fsp3) is 0.611. The van der Waals surface area contributed by atoms with Gasteiger partial charge in [0.15, 0.2) is 0 Å². The second kappa shape index (κ2) is 6.61. The Balaban J connectivity index is 1.63. The van der Waals surface area contributed by atoms with Gasteiger partial charge in [0.1, 0.15) is 0 Å². The molecule has 0 bridgehead atoms. The van der Waals surface area contributed by atoms with Gasteiger partial charge in [0.25, 0.3) is 0 Å². The van der Waals surface area contributed by atoms with Crippen LogP contribution in [0.5, 0.6) is 0 Å². The molecular weight excluding hydrogens is 260 g/mol. The maximum atomic E-state index is 12.2. The molecule has 3 nitrogen and oxygen atoms in total. The fourth-order valence-corrected chi connectivity index (χ4v) is 3.35. The molecule has 2 unspecified atom stereocenters. The zero-order valence-corrected chi connectivity index (χ0v) is 12.9. The molecule has 1 saturated heterocycles. The van der Waals surface area contributed by atoms with Crippen LogP contribution in [0.3, 0.4) is 0 Å². The number of nitrogens with one attached hydrogen (secondary N) is 1. The lowest BCUT2D eigenvalue weighted by molar-refractivity contribution is -0.125. The topological polar surface area (TPSA) is 32.3 Å². The van der Waals surface area contributed by atoms with Crippen molar-refractivity contribution >= 4 is 5.91 Å². The van der Waals surface area contributed by atoms with Gasteiger partial charge in [0, 0.05) is 12.5 Å². The van der Waals surface area contributed by atoms with Gasteiger partial charge >= 0.3 is 0 Å². The van der Waals surface area contributed by atoms with Crippen molar-refractivity contribution in [2.24, 2.45) is 11.8 Å². The molecule has 3 heteroatoms. The highest BCUT2D eigenvalue weighted by Gasteiger charge is 2.33. The number of nitrogens with zero attached hydrogens (tertiary/aromatic N) is 1. The van der Waals surface area contributed by atoms with E-state index < -0.39 is 0 Å². The molecule has 2 aliphatic rings. The van der Waals surface area contributed by atoms with Crippen LogP contribution in [0.15, 0.2) is 30.3 Å². The molecular formula is C18H26N2O. The van der Waals surface area contributed by atoms with Crippen LogP contribution >= 0.6 is 0 Å². The molecule has 1 heterocycles. The minimum atomic E-state index is 0.181. The SMILES string of the molecule is CC(C(=O)NCC(c1ccccc1)N1CCCC1)C1CC1. The first-order valence-corrected chi connectivity index (χ1v) is 8.32. The summed E-state index contributed by atoms with van der Waals surface area (Å²) < 4.78 is 0. The normalized spacial score (nSPS) is 22.0. The molecule has 1 amide bonds. The van der Waals surface area contributed by atoms with Crippen molar-refractivity contribution in [1.82, 2.24) is 10.2 Å². The highest BCUT2D eigenvalue weighted by molar-refractivity contribution is 5.78. The van der Waals surface area contributed by atoms with Gasteiger partial charge in [-0.25, -0.2) is 0 Å². The monoisotopic (exact) mass is 286 g/mol. The number of rotatable bonds is 6. The average molecular weight is 286 g/mol. The van der Waals surface area contributed by atoms with Crippen molar-refractivity contribution in [2.75, 3.05) is 19.6 Å². The van der Waals surface area contributed by atoms with E-state index in [2.05, 4.69) is 47.5 Å². The van der Waals surface area contributed by atoms with Gasteiger partial charge in [-0.3, -0.25) is 9.69 Å². The Kier molecular flexibility index (Phi) is 4.59. The van der Waals surface area contributed by atoms with Crippen LogP contribution in [-0.4, -0.2) is 30.4 Å². The zero-order chi connectivity index (χ0) is 14.7. The van der Waals surface area contributed by atoms with Gasteiger partial charge in [0.05, 0.1) is 6.04 Å². The zero-order valence-electron chi connectivity index (χ0n) is 12.9. The fourth-order valence-electron chi connectivity index (χ4n) is 3.35. The molecule has 21 heavy (non-hydrogen) atoms. The number of carbonyl (C=O) groups is 1. The van der Waals surface area contributed by atoms with Crippen LogP contribution in [0.1, 0.15) is 44.2 Å². The van der Waals surface area contributed by atoms with Crippen LogP contribution in [-0.2, 0) is 4.79 Å². The number of benzene rings is 1. The van der Waals surface area contributed by atoms with Gasteiger partial charge in [-0.15, -0.1) is 0 Å². The molecule has 1 aromatic carbocycles. The van der Waals surface area contributed by atoms with E-state index in [9.17, 15) is 4.79 Å². The van der Waals surface area contributed by atoms with Crippen LogP contribution in [0.2, 0.25) is 0 Å². The van der Waals surface area contributed by atoms with Crippen molar-refractivity contribution in [3.8, 4) is 0 Å². The standard InChI is InChI=1S/C18H26N2O/c1-14(15-9-10-15)18(21)19-13-17(20-11-5-6-12-20)16-7-3-2-4-8-16/h2-4,7-8,14-15,17H,5-6,9-13H2,1H3,(H,19,21). The Morgan fingerprint density at radius 2 is 1.90 bits per heavy atom. The average Bonchev–Trinajstić information content (AvgIpc) is 3.24. The molecule has 114 valence electrons. The summed E-state index contributed by atoms with van der Waals surface area (Å²) in [6.45, 7) is 5.10. The Hall–Kier alpha value is -1.35.